The molecule has 0 saturated heterocycles. The molecular weight excluding hydrogens is 480 g/mol. The molecule has 0 N–H and O–H groups in total. The van der Waals surface area contributed by atoms with Gasteiger partial charge in [0.2, 0.25) is 0 Å². The second-order valence-corrected chi connectivity index (χ2v) is 71.1. The van der Waals surface area contributed by atoms with Gasteiger partial charge in [-0.05, 0) is 0 Å². The van der Waals surface area contributed by atoms with E-state index in [0.29, 0.717) is 0 Å². The first-order valence-corrected chi connectivity index (χ1v) is 29.5. The van der Waals surface area contributed by atoms with Gasteiger partial charge in [-0.1, -0.05) is 0 Å². The number of allylic oxidation sites excluding steroid dienone is 4. The summed E-state index contributed by atoms with van der Waals surface area (Å²) in [6.07, 6.45) is 8.08. The summed E-state index contributed by atoms with van der Waals surface area (Å²) in [5.74, 6) is 0. The van der Waals surface area contributed by atoms with Crippen LogP contribution < -0.4 is 0 Å². The molecule has 0 bridgehead atoms. The normalized spacial score (nSPS) is 20.9. The Labute approximate surface area is 146 Å². The Morgan fingerprint density at radius 3 is 1.41 bits per heavy atom. The zero-order valence-electron chi connectivity index (χ0n) is 16.7. The number of rotatable bonds is 2. The maximum absolute atomic E-state index is 4.32. The summed E-state index contributed by atoms with van der Waals surface area (Å²) in [6, 6.07) is 0. The van der Waals surface area contributed by atoms with Gasteiger partial charge in [0.15, 0.2) is 0 Å². The van der Waals surface area contributed by atoms with E-state index in [1.807, 2.05) is 0 Å². The van der Waals surface area contributed by atoms with Crippen LogP contribution in [-0.4, -0.2) is 14.0 Å². The van der Waals surface area contributed by atoms with Gasteiger partial charge in [-0.15, -0.1) is 24.8 Å². The second kappa shape index (κ2) is 4.96. The van der Waals surface area contributed by atoms with Crippen LogP contribution in [0.25, 0.3) is 0 Å². The van der Waals surface area contributed by atoms with E-state index in [9.17, 15) is 0 Å². The molecule has 0 aromatic heterocycles. The molecule has 1 aliphatic carbocycles. The van der Waals surface area contributed by atoms with Crippen molar-refractivity contribution in [3.8, 4) is 0 Å². The van der Waals surface area contributed by atoms with Gasteiger partial charge < -0.3 is 0 Å². The third kappa shape index (κ3) is 4.29. The minimum absolute atomic E-state index is 0. The molecule has 1 rings (SSSR count). The predicted molar refractivity (Wildman–Crippen MR) is 107 cm³/mol. The Morgan fingerprint density at radius 1 is 0.818 bits per heavy atom. The fraction of sp³-hybridized carbons (Fsp3) is 0.778. The van der Waals surface area contributed by atoms with Crippen molar-refractivity contribution in [1.29, 1.82) is 0 Å². The smallest absolute Gasteiger partial charge is 0.147 e. The summed E-state index contributed by atoms with van der Waals surface area (Å²) >= 11 is -4.32. The zero-order valence-corrected chi connectivity index (χ0v) is 21.9. The number of nitrogens with zero attached hydrogens (tertiary/aromatic N) is 1. The van der Waals surface area contributed by atoms with Gasteiger partial charge in [0.25, 0.3) is 0 Å². The molecule has 0 radical (unpaired) electrons. The van der Waals surface area contributed by atoms with Gasteiger partial charge in [-0.3, -0.25) is 0 Å². The Hall–Kier alpha value is 0.890. The maximum atomic E-state index is 2.89. The largest absolute Gasteiger partial charge is 0.147 e. The maximum Gasteiger partial charge on any atom is -0.147 e. The first kappa shape index (κ1) is 25.1. The van der Waals surface area contributed by atoms with Gasteiger partial charge in [-0.2, -0.15) is 0 Å². The van der Waals surface area contributed by atoms with Crippen molar-refractivity contribution in [1.82, 2.24) is 2.89 Å². The first-order chi connectivity index (χ1) is 8.22. The summed E-state index contributed by atoms with van der Waals surface area (Å²) in [4.78, 5) is 0. The van der Waals surface area contributed by atoms with Gasteiger partial charge in [0, 0.05) is 0 Å². The van der Waals surface area contributed by atoms with E-state index >= 15 is 0 Å². The summed E-state index contributed by atoms with van der Waals surface area (Å²) in [6.45, 7) is 14.2. The van der Waals surface area contributed by atoms with E-state index in [1.165, 1.54) is 0 Å². The average molecular weight is 520 g/mol. The van der Waals surface area contributed by atoms with Crippen LogP contribution in [0.1, 0.15) is 48.0 Å². The SMILES string of the molecule is CC(C)(C)[N](C(C)(C)C)[Hf]([CH3])([CH3])([CH3])([CH3])([CH3])[C]1=CC=CC1.Cl.Cl. The average Bonchev–Trinajstić information content (AvgIpc) is 2.41. The summed E-state index contributed by atoms with van der Waals surface area (Å²) in [5, 5.41) is 0. The van der Waals surface area contributed by atoms with Crippen molar-refractivity contribution in [2.24, 2.45) is 0 Å². The van der Waals surface area contributed by atoms with Crippen molar-refractivity contribution in [2.75, 3.05) is 0 Å². The molecule has 0 aliphatic heterocycles. The molecule has 135 valence electrons. The molecule has 1 aliphatic rings. The van der Waals surface area contributed by atoms with E-state index < -0.39 is 15.9 Å². The molecule has 0 heterocycles. The van der Waals surface area contributed by atoms with Crippen molar-refractivity contribution in [3.05, 3.63) is 21.6 Å². The van der Waals surface area contributed by atoms with Crippen LogP contribution >= 0.6 is 24.8 Å². The van der Waals surface area contributed by atoms with E-state index in [1.54, 1.807) is 3.33 Å². The van der Waals surface area contributed by atoms with Gasteiger partial charge in [-0.25, -0.2) is 0 Å². The van der Waals surface area contributed by atoms with Crippen molar-refractivity contribution in [2.45, 2.75) is 82.4 Å². The van der Waals surface area contributed by atoms with E-state index in [4.69, 9.17) is 0 Å². The predicted octanol–water partition coefficient (Wildman–Crippen LogP) is 7.49. The van der Waals surface area contributed by atoms with Gasteiger partial charge >= 0.3 is 123 Å². The number of hydrogen-bond acceptors (Lipinski definition) is 1. The van der Waals surface area contributed by atoms with Crippen molar-refractivity contribution < 1.29 is 15.9 Å². The van der Waals surface area contributed by atoms with Crippen LogP contribution in [0.3, 0.4) is 0 Å². The summed E-state index contributed by atoms with van der Waals surface area (Å²) in [7, 11) is 0. The van der Waals surface area contributed by atoms with Crippen LogP contribution in [0.15, 0.2) is 21.6 Å². The molecule has 0 aromatic rings. The molecule has 1 nitrogen and oxygen atoms in total. The molecule has 4 heteroatoms. The van der Waals surface area contributed by atoms with E-state index in [2.05, 4.69) is 86.1 Å². The molecule has 0 amide bonds. The molecule has 0 spiro atoms. The third-order valence-corrected chi connectivity index (χ3v) is 32.6. The Kier molecular flexibility index (Phi) is 5.67. The van der Waals surface area contributed by atoms with Gasteiger partial charge in [0.1, 0.15) is 0 Å². The Bertz CT molecular complexity index is 486. The van der Waals surface area contributed by atoms with Crippen LogP contribution in [0, 0.1) is 0 Å². The second-order valence-electron chi connectivity index (χ2n) is 13.5. The minimum atomic E-state index is -4.32. The molecule has 0 atom stereocenters. The van der Waals surface area contributed by atoms with Crippen LogP contribution in [-0.2, 0) is 15.9 Å². The molecule has 22 heavy (non-hydrogen) atoms. The topological polar surface area (TPSA) is 3.24 Å². The quantitative estimate of drug-likeness (QED) is 0.342. The monoisotopic (exact) mass is 520 g/mol. The molecule has 0 unspecified atom stereocenters. The van der Waals surface area contributed by atoms with E-state index in [-0.39, 0.29) is 35.9 Å². The van der Waals surface area contributed by atoms with E-state index in [0.717, 1.165) is 6.42 Å². The van der Waals surface area contributed by atoms with Crippen LogP contribution in [0.2, 0.25) is 23.4 Å². The molecule has 0 saturated carbocycles. The minimum Gasteiger partial charge on any atom is -0.147 e. The molecule has 0 aromatic carbocycles. The Morgan fingerprint density at radius 2 is 1.18 bits per heavy atom. The number of hydrogen-bond donors (Lipinski definition) is 0. The third-order valence-electron chi connectivity index (χ3n) is 5.09. The zero-order chi connectivity index (χ0) is 16.4. The fourth-order valence-electron chi connectivity index (χ4n) is 6.30. The molecule has 0 fully saturated rings. The summed E-state index contributed by atoms with van der Waals surface area (Å²) < 4.78 is 17.6. The first-order valence-electron chi connectivity index (χ1n) is 8.14. The van der Waals surface area contributed by atoms with Crippen LogP contribution in [0.4, 0.5) is 0 Å². The summed E-state index contributed by atoms with van der Waals surface area (Å²) in [5.41, 5.74) is 0.267. The number of halogens is 2. The Balaban J connectivity index is 0. The van der Waals surface area contributed by atoms with Crippen LogP contribution in [0.5, 0.6) is 0 Å². The van der Waals surface area contributed by atoms with Crippen molar-refractivity contribution >= 4 is 24.8 Å². The molecular formula is C18H40Cl2HfN. The van der Waals surface area contributed by atoms with Crippen molar-refractivity contribution in [3.63, 3.8) is 0 Å². The standard InChI is InChI=1S/C8H18N.C5H5.5CH3.2ClH.Hf/c1-7(2,3)9-8(4,5)6;1-2-4-5-3-1;;;;;;;;/h1-6H3;1-3H,4H2;5*1H3;2*1H;/q-1;;;;;;;;;+1. The van der Waals surface area contributed by atoms with Gasteiger partial charge in [0.05, 0.1) is 0 Å². The fourth-order valence-corrected chi connectivity index (χ4v) is 41.9.